The first kappa shape index (κ1) is 23.7. The average molecular weight is 390 g/mol. The van der Waals surface area contributed by atoms with Gasteiger partial charge in [0, 0.05) is 18.1 Å². The Hall–Kier alpha value is -0.300. The van der Waals surface area contributed by atoms with E-state index in [1.54, 1.807) is 11.8 Å². The molecule has 6 heteroatoms. The van der Waals surface area contributed by atoms with Crippen molar-refractivity contribution >= 4 is 17.7 Å². The topological polar surface area (TPSA) is 89.8 Å². The molecule has 0 spiro atoms. The second kappa shape index (κ2) is 15.7. The molecular formula is C20H39NO4S. The fraction of sp³-hybridized carbons (Fsp3) is 0.950. The van der Waals surface area contributed by atoms with Gasteiger partial charge in [-0.05, 0) is 18.6 Å². The Morgan fingerprint density at radius 3 is 1.69 bits per heavy atom. The molecule has 154 valence electrons. The Balaban J connectivity index is 1.71. The quantitative estimate of drug-likeness (QED) is 0.278. The molecule has 5 nitrogen and oxygen atoms in total. The number of unbranched alkanes of at least 4 members (excludes halogenated alkanes) is 12. The van der Waals surface area contributed by atoms with E-state index in [4.69, 9.17) is 5.11 Å². The number of carboxylic acid groups (broad SMARTS) is 1. The van der Waals surface area contributed by atoms with E-state index in [1.807, 2.05) is 0 Å². The molecule has 4 N–H and O–H groups in total. The number of carboxylic acids is 1. The smallest absolute Gasteiger partial charge is 0.303 e. The number of hydrogen-bond donors (Lipinski definition) is 4. The Labute approximate surface area is 163 Å². The van der Waals surface area contributed by atoms with E-state index < -0.39 is 18.4 Å². The number of aliphatic hydroxyl groups is 2. The molecule has 3 atom stereocenters. The van der Waals surface area contributed by atoms with Gasteiger partial charge in [-0.15, -0.1) is 0 Å². The van der Waals surface area contributed by atoms with E-state index in [2.05, 4.69) is 5.32 Å². The minimum absolute atomic E-state index is 0.141. The normalized spacial score (nSPS) is 22.8. The third kappa shape index (κ3) is 13.0. The van der Waals surface area contributed by atoms with Crippen LogP contribution < -0.4 is 5.32 Å². The van der Waals surface area contributed by atoms with Crippen molar-refractivity contribution in [1.29, 1.82) is 0 Å². The Kier molecular flexibility index (Phi) is 14.4. The molecule has 1 saturated heterocycles. The zero-order valence-electron chi connectivity index (χ0n) is 16.2. The predicted octanol–water partition coefficient (Wildman–Crippen LogP) is 4.26. The van der Waals surface area contributed by atoms with Crippen molar-refractivity contribution in [3.05, 3.63) is 0 Å². The first-order valence-corrected chi connectivity index (χ1v) is 11.6. The summed E-state index contributed by atoms with van der Waals surface area (Å²) in [7, 11) is 0. The predicted molar refractivity (Wildman–Crippen MR) is 108 cm³/mol. The summed E-state index contributed by atoms with van der Waals surface area (Å²) >= 11 is 1.78. The summed E-state index contributed by atoms with van der Waals surface area (Å²) < 4.78 is 0. The van der Waals surface area contributed by atoms with Crippen molar-refractivity contribution in [3.8, 4) is 0 Å². The minimum atomic E-state index is -0.673. The molecule has 0 aromatic rings. The number of rotatable bonds is 17. The summed E-state index contributed by atoms with van der Waals surface area (Å²) in [6, 6.07) is 0. The monoisotopic (exact) mass is 389 g/mol. The van der Waals surface area contributed by atoms with Crippen LogP contribution in [0.1, 0.15) is 96.3 Å². The maximum atomic E-state index is 10.4. The maximum absolute atomic E-state index is 10.4. The molecule has 1 fully saturated rings. The summed E-state index contributed by atoms with van der Waals surface area (Å²) in [6.45, 7) is 0. The number of hydrogen-bond acceptors (Lipinski definition) is 5. The lowest BCUT2D eigenvalue weighted by molar-refractivity contribution is -0.137. The van der Waals surface area contributed by atoms with Gasteiger partial charge in [0.05, 0.1) is 0 Å². The average Bonchev–Trinajstić information content (AvgIpc) is 2.91. The van der Waals surface area contributed by atoms with Crippen LogP contribution in [0.5, 0.6) is 0 Å². The first-order chi connectivity index (χ1) is 12.6. The Bertz CT molecular complexity index is 357. The molecule has 26 heavy (non-hydrogen) atoms. The van der Waals surface area contributed by atoms with E-state index in [9.17, 15) is 15.0 Å². The van der Waals surface area contributed by atoms with Gasteiger partial charge in [-0.25, -0.2) is 0 Å². The molecule has 0 bridgehead atoms. The molecule has 0 saturated carbocycles. The molecule has 1 heterocycles. The van der Waals surface area contributed by atoms with Crippen LogP contribution in [0, 0.1) is 0 Å². The summed E-state index contributed by atoms with van der Waals surface area (Å²) in [5.41, 5.74) is 0. The van der Waals surface area contributed by atoms with Gasteiger partial charge >= 0.3 is 5.97 Å². The van der Waals surface area contributed by atoms with Crippen molar-refractivity contribution in [1.82, 2.24) is 5.32 Å². The van der Waals surface area contributed by atoms with E-state index >= 15 is 0 Å². The van der Waals surface area contributed by atoms with Gasteiger partial charge in [-0.3, -0.25) is 10.1 Å². The van der Waals surface area contributed by atoms with E-state index in [-0.39, 0.29) is 5.25 Å². The number of carbonyl (C=O) groups is 1. The van der Waals surface area contributed by atoms with Gasteiger partial charge in [0.2, 0.25) is 0 Å². The minimum Gasteiger partial charge on any atom is -0.481 e. The highest BCUT2D eigenvalue weighted by Gasteiger charge is 2.30. The summed E-state index contributed by atoms with van der Waals surface area (Å²) in [6.07, 6.45) is 15.9. The van der Waals surface area contributed by atoms with E-state index in [0.29, 0.717) is 12.8 Å². The molecule has 0 aromatic carbocycles. The highest BCUT2D eigenvalue weighted by Crippen LogP contribution is 2.25. The molecule has 1 rings (SSSR count). The van der Waals surface area contributed by atoms with E-state index in [1.165, 1.54) is 70.6 Å². The molecule has 0 amide bonds. The van der Waals surface area contributed by atoms with Crippen LogP contribution in [0.15, 0.2) is 0 Å². The number of thioether (sulfide) groups is 1. The zero-order chi connectivity index (χ0) is 19.0. The van der Waals surface area contributed by atoms with Gasteiger partial charge in [0.15, 0.2) is 0 Å². The SMILES string of the molecule is O=C(O)CCCCCCCCCCCCCCCSC1CC(O)NC1O. The summed E-state index contributed by atoms with van der Waals surface area (Å²) in [5, 5.41) is 30.5. The second-order valence-electron chi connectivity index (χ2n) is 7.51. The maximum Gasteiger partial charge on any atom is 0.303 e. The Morgan fingerprint density at radius 1 is 0.808 bits per heavy atom. The van der Waals surface area contributed by atoms with Crippen molar-refractivity contribution in [3.63, 3.8) is 0 Å². The fourth-order valence-corrected chi connectivity index (χ4v) is 4.69. The molecule has 0 aliphatic carbocycles. The van der Waals surface area contributed by atoms with Crippen LogP contribution in [-0.2, 0) is 4.79 Å². The Morgan fingerprint density at radius 2 is 1.27 bits per heavy atom. The van der Waals surface area contributed by atoms with E-state index in [0.717, 1.165) is 18.6 Å². The standard InChI is InChI=1S/C20H39NO4S/c22-18-16-17(20(25)21-18)26-15-13-11-9-7-5-3-1-2-4-6-8-10-12-14-19(23)24/h17-18,20-22,25H,1-16H2,(H,23,24). The largest absolute Gasteiger partial charge is 0.481 e. The molecule has 0 aromatic heterocycles. The van der Waals surface area contributed by atoms with Crippen molar-refractivity contribution in [2.24, 2.45) is 0 Å². The fourth-order valence-electron chi connectivity index (χ4n) is 3.44. The lowest BCUT2D eigenvalue weighted by Crippen LogP contribution is -2.31. The first-order valence-electron chi connectivity index (χ1n) is 10.5. The summed E-state index contributed by atoms with van der Waals surface area (Å²) in [4.78, 5) is 10.4. The van der Waals surface area contributed by atoms with Crippen LogP contribution in [0.25, 0.3) is 0 Å². The number of aliphatic hydroxyl groups excluding tert-OH is 2. The molecule has 0 radical (unpaired) electrons. The number of aliphatic carboxylic acids is 1. The zero-order valence-corrected chi connectivity index (χ0v) is 17.0. The lowest BCUT2D eigenvalue weighted by Gasteiger charge is -2.12. The third-order valence-electron chi connectivity index (χ3n) is 5.04. The van der Waals surface area contributed by atoms with Crippen LogP contribution in [0.3, 0.4) is 0 Å². The van der Waals surface area contributed by atoms with Gasteiger partial charge in [-0.2, -0.15) is 11.8 Å². The van der Waals surface area contributed by atoms with Gasteiger partial charge in [-0.1, -0.05) is 70.6 Å². The van der Waals surface area contributed by atoms with Crippen LogP contribution in [0.2, 0.25) is 0 Å². The highest BCUT2D eigenvalue weighted by molar-refractivity contribution is 7.99. The number of nitrogens with one attached hydrogen (secondary N) is 1. The van der Waals surface area contributed by atoms with Crippen LogP contribution >= 0.6 is 11.8 Å². The molecule has 1 aliphatic heterocycles. The van der Waals surface area contributed by atoms with Crippen molar-refractivity contribution in [2.45, 2.75) is 114 Å². The van der Waals surface area contributed by atoms with Crippen LogP contribution in [0.4, 0.5) is 0 Å². The molecule has 1 aliphatic rings. The van der Waals surface area contributed by atoms with Crippen LogP contribution in [-0.4, -0.2) is 44.7 Å². The second-order valence-corrected chi connectivity index (χ2v) is 8.86. The van der Waals surface area contributed by atoms with Gasteiger partial charge in [0.1, 0.15) is 12.5 Å². The molecular weight excluding hydrogens is 350 g/mol. The van der Waals surface area contributed by atoms with Crippen molar-refractivity contribution in [2.75, 3.05) is 5.75 Å². The van der Waals surface area contributed by atoms with Crippen molar-refractivity contribution < 1.29 is 20.1 Å². The molecule has 3 unspecified atom stereocenters. The van der Waals surface area contributed by atoms with Gasteiger partial charge in [0.25, 0.3) is 0 Å². The summed E-state index contributed by atoms with van der Waals surface area (Å²) in [5.74, 6) is 0.399. The van der Waals surface area contributed by atoms with Gasteiger partial charge < -0.3 is 15.3 Å². The lowest BCUT2D eigenvalue weighted by atomic mass is 10.0. The third-order valence-corrected chi connectivity index (χ3v) is 6.44. The highest BCUT2D eigenvalue weighted by atomic mass is 32.2.